The van der Waals surface area contributed by atoms with Crippen LogP contribution in [-0.2, 0) is 16.0 Å². The first-order chi connectivity index (χ1) is 12.0. The van der Waals surface area contributed by atoms with Crippen LogP contribution >= 0.6 is 11.6 Å². The van der Waals surface area contributed by atoms with Gasteiger partial charge in [-0.3, -0.25) is 9.59 Å². The number of rotatable bonds is 7. The number of nitrogens with zero attached hydrogens (tertiary/aromatic N) is 1. The second-order valence-electron chi connectivity index (χ2n) is 6.89. The second kappa shape index (κ2) is 10.4. The van der Waals surface area contributed by atoms with Gasteiger partial charge in [-0.1, -0.05) is 49.4 Å². The maximum atomic E-state index is 12.2. The lowest BCUT2D eigenvalue weighted by molar-refractivity contribution is -0.129. The predicted octanol–water partition coefficient (Wildman–Crippen LogP) is 3.96. The average molecular weight is 365 g/mol. The molecule has 0 heterocycles. The van der Waals surface area contributed by atoms with E-state index in [-0.39, 0.29) is 11.8 Å². The molecule has 2 rings (SSSR count). The van der Waals surface area contributed by atoms with Crippen LogP contribution in [0.25, 0.3) is 0 Å². The highest BCUT2D eigenvalue weighted by Crippen LogP contribution is 2.17. The molecule has 0 bridgehead atoms. The molecule has 1 aromatic carbocycles. The number of hydrogen-bond acceptors (Lipinski definition) is 2. The SMILES string of the molecule is CC(=O)N(CCC(=O)NC1CCCCCC1)CCc1cccc(Cl)c1. The first-order valence-electron chi connectivity index (χ1n) is 9.34. The van der Waals surface area contributed by atoms with Gasteiger partial charge in [0.15, 0.2) is 0 Å². The minimum Gasteiger partial charge on any atom is -0.353 e. The van der Waals surface area contributed by atoms with Crippen LogP contribution < -0.4 is 5.32 Å². The van der Waals surface area contributed by atoms with E-state index in [2.05, 4.69) is 5.32 Å². The number of nitrogens with one attached hydrogen (secondary N) is 1. The summed E-state index contributed by atoms with van der Waals surface area (Å²) in [5, 5.41) is 3.84. The molecule has 25 heavy (non-hydrogen) atoms. The number of halogens is 1. The molecule has 1 aliphatic rings. The second-order valence-corrected chi connectivity index (χ2v) is 7.33. The van der Waals surface area contributed by atoms with Gasteiger partial charge in [0.1, 0.15) is 0 Å². The summed E-state index contributed by atoms with van der Waals surface area (Å²) in [6.07, 6.45) is 8.21. The van der Waals surface area contributed by atoms with E-state index >= 15 is 0 Å². The largest absolute Gasteiger partial charge is 0.353 e. The number of amides is 2. The Morgan fingerprint density at radius 3 is 2.52 bits per heavy atom. The first kappa shape index (κ1) is 19.8. The quantitative estimate of drug-likeness (QED) is 0.744. The molecule has 4 nitrogen and oxygen atoms in total. The predicted molar refractivity (Wildman–Crippen MR) is 102 cm³/mol. The molecule has 1 aliphatic carbocycles. The van der Waals surface area contributed by atoms with E-state index in [0.717, 1.165) is 24.8 Å². The van der Waals surface area contributed by atoms with Crippen LogP contribution in [0.1, 0.15) is 57.4 Å². The van der Waals surface area contributed by atoms with Gasteiger partial charge in [0.2, 0.25) is 11.8 Å². The molecule has 2 amide bonds. The van der Waals surface area contributed by atoms with Crippen molar-refractivity contribution >= 4 is 23.4 Å². The minimum absolute atomic E-state index is 0.00398. The maximum absolute atomic E-state index is 12.2. The normalized spacial score (nSPS) is 15.4. The van der Waals surface area contributed by atoms with Crippen molar-refractivity contribution in [2.75, 3.05) is 13.1 Å². The summed E-state index contributed by atoms with van der Waals surface area (Å²) in [6, 6.07) is 7.98. The Morgan fingerprint density at radius 1 is 1.16 bits per heavy atom. The molecular weight excluding hydrogens is 336 g/mol. The number of benzene rings is 1. The van der Waals surface area contributed by atoms with Gasteiger partial charge < -0.3 is 10.2 Å². The van der Waals surface area contributed by atoms with Crippen molar-refractivity contribution in [3.8, 4) is 0 Å². The standard InChI is InChI=1S/C20H29ClN2O2/c1-16(24)23(13-11-17-7-6-8-18(21)15-17)14-12-20(25)22-19-9-4-2-3-5-10-19/h6-8,15,19H,2-5,9-14H2,1H3,(H,22,25). The van der Waals surface area contributed by atoms with Crippen LogP contribution in [0.3, 0.4) is 0 Å². The first-order valence-corrected chi connectivity index (χ1v) is 9.71. The molecule has 5 heteroatoms. The van der Waals surface area contributed by atoms with E-state index in [9.17, 15) is 9.59 Å². The fourth-order valence-corrected chi connectivity index (χ4v) is 3.56. The lowest BCUT2D eigenvalue weighted by atomic mass is 10.1. The topological polar surface area (TPSA) is 49.4 Å². The summed E-state index contributed by atoms with van der Waals surface area (Å²) in [6.45, 7) is 2.63. The van der Waals surface area contributed by atoms with Gasteiger partial charge in [-0.15, -0.1) is 0 Å². The summed E-state index contributed by atoms with van der Waals surface area (Å²) in [5.41, 5.74) is 1.10. The van der Waals surface area contributed by atoms with Gasteiger partial charge in [-0.25, -0.2) is 0 Å². The Labute approximate surface area is 155 Å². The third-order valence-electron chi connectivity index (χ3n) is 4.83. The van der Waals surface area contributed by atoms with Gasteiger partial charge in [0.25, 0.3) is 0 Å². The van der Waals surface area contributed by atoms with Crippen molar-refractivity contribution in [2.24, 2.45) is 0 Å². The monoisotopic (exact) mass is 364 g/mol. The Hall–Kier alpha value is -1.55. The van der Waals surface area contributed by atoms with Crippen molar-refractivity contribution in [1.29, 1.82) is 0 Å². The van der Waals surface area contributed by atoms with Crippen molar-refractivity contribution in [3.63, 3.8) is 0 Å². The summed E-state index contributed by atoms with van der Waals surface area (Å²) >= 11 is 6.00. The average Bonchev–Trinajstić information content (AvgIpc) is 2.83. The maximum Gasteiger partial charge on any atom is 0.221 e. The highest BCUT2D eigenvalue weighted by molar-refractivity contribution is 6.30. The summed E-state index contributed by atoms with van der Waals surface area (Å²) in [4.78, 5) is 25.8. The molecule has 0 aliphatic heterocycles. The zero-order valence-electron chi connectivity index (χ0n) is 15.1. The van der Waals surface area contributed by atoms with E-state index in [1.807, 2.05) is 24.3 Å². The molecule has 1 fully saturated rings. The van der Waals surface area contributed by atoms with Crippen LogP contribution in [-0.4, -0.2) is 35.8 Å². The van der Waals surface area contributed by atoms with Crippen LogP contribution in [0.4, 0.5) is 0 Å². The van der Waals surface area contributed by atoms with Crippen LogP contribution in [0.5, 0.6) is 0 Å². The zero-order valence-corrected chi connectivity index (χ0v) is 15.9. The van der Waals surface area contributed by atoms with Crippen molar-refractivity contribution in [2.45, 2.75) is 64.3 Å². The van der Waals surface area contributed by atoms with Crippen LogP contribution in [0.15, 0.2) is 24.3 Å². The van der Waals surface area contributed by atoms with Crippen molar-refractivity contribution < 1.29 is 9.59 Å². The van der Waals surface area contributed by atoms with Gasteiger partial charge >= 0.3 is 0 Å². The Morgan fingerprint density at radius 2 is 1.88 bits per heavy atom. The van der Waals surface area contributed by atoms with Crippen molar-refractivity contribution in [1.82, 2.24) is 10.2 Å². The van der Waals surface area contributed by atoms with Gasteiger partial charge in [-0.2, -0.15) is 0 Å². The van der Waals surface area contributed by atoms with Gasteiger partial charge in [0, 0.05) is 37.5 Å². The minimum atomic E-state index is 0.00398. The summed E-state index contributed by atoms with van der Waals surface area (Å²) < 4.78 is 0. The molecule has 0 unspecified atom stereocenters. The highest BCUT2D eigenvalue weighted by Gasteiger charge is 2.16. The van der Waals surface area contributed by atoms with Gasteiger partial charge in [-0.05, 0) is 37.0 Å². The molecule has 0 saturated heterocycles. The van der Waals surface area contributed by atoms with E-state index < -0.39 is 0 Å². The molecule has 138 valence electrons. The fourth-order valence-electron chi connectivity index (χ4n) is 3.34. The molecule has 0 atom stereocenters. The molecule has 0 aromatic heterocycles. The lowest BCUT2D eigenvalue weighted by Gasteiger charge is -2.22. The molecule has 0 radical (unpaired) electrons. The molecule has 1 aromatic rings. The number of carbonyl (C=O) groups is 2. The highest BCUT2D eigenvalue weighted by atomic mass is 35.5. The lowest BCUT2D eigenvalue weighted by Crippen LogP contribution is -2.38. The van der Waals surface area contributed by atoms with Crippen LogP contribution in [0.2, 0.25) is 5.02 Å². The Balaban J connectivity index is 1.76. The van der Waals surface area contributed by atoms with E-state index in [0.29, 0.717) is 30.6 Å². The summed E-state index contributed by atoms with van der Waals surface area (Å²) in [5.74, 6) is 0.0604. The van der Waals surface area contributed by atoms with E-state index in [1.54, 1.807) is 11.8 Å². The smallest absolute Gasteiger partial charge is 0.221 e. The summed E-state index contributed by atoms with van der Waals surface area (Å²) in [7, 11) is 0. The third-order valence-corrected chi connectivity index (χ3v) is 5.07. The Bertz CT molecular complexity index is 569. The fraction of sp³-hybridized carbons (Fsp3) is 0.600. The molecule has 1 N–H and O–H groups in total. The van der Waals surface area contributed by atoms with Gasteiger partial charge in [0.05, 0.1) is 0 Å². The Kier molecular flexibility index (Phi) is 8.26. The van der Waals surface area contributed by atoms with Crippen molar-refractivity contribution in [3.05, 3.63) is 34.9 Å². The number of carbonyl (C=O) groups excluding carboxylic acids is 2. The van der Waals surface area contributed by atoms with Crippen LogP contribution in [0, 0.1) is 0 Å². The third kappa shape index (κ3) is 7.47. The van der Waals surface area contributed by atoms with E-state index in [1.165, 1.54) is 25.7 Å². The molecule has 1 saturated carbocycles. The number of hydrogen-bond donors (Lipinski definition) is 1. The zero-order chi connectivity index (χ0) is 18.1. The molecule has 0 spiro atoms. The van der Waals surface area contributed by atoms with E-state index in [4.69, 9.17) is 11.6 Å². The molecular formula is C20H29ClN2O2.